The van der Waals surface area contributed by atoms with Gasteiger partial charge in [0.05, 0.1) is 5.25 Å². The second-order valence-corrected chi connectivity index (χ2v) is 4.27. The van der Waals surface area contributed by atoms with Gasteiger partial charge in [0.15, 0.2) is 0 Å². The van der Waals surface area contributed by atoms with Crippen LogP contribution in [0, 0.1) is 0 Å². The summed E-state index contributed by atoms with van der Waals surface area (Å²) in [4.78, 5) is 23.7. The summed E-state index contributed by atoms with van der Waals surface area (Å²) in [6, 6.07) is 0. The first kappa shape index (κ1) is 14.5. The van der Waals surface area contributed by atoms with Crippen LogP contribution in [0.1, 0.15) is 20.3 Å². The van der Waals surface area contributed by atoms with Gasteiger partial charge in [-0.1, -0.05) is 13.8 Å². The Kier molecular flexibility index (Phi) is 7.42. The van der Waals surface area contributed by atoms with Crippen LogP contribution in [-0.4, -0.2) is 48.4 Å². The third-order valence-corrected chi connectivity index (χ3v) is 3.22. The summed E-state index contributed by atoms with van der Waals surface area (Å²) in [7, 11) is 3.41. The van der Waals surface area contributed by atoms with Gasteiger partial charge < -0.3 is 5.32 Å². The van der Waals surface area contributed by atoms with Crippen LogP contribution in [0.3, 0.4) is 0 Å². The lowest BCUT2D eigenvalue weighted by Gasteiger charge is -2.07. The number of imide groups is 1. The third-order valence-electron chi connectivity index (χ3n) is 2.01. The molecule has 1 heterocycles. The van der Waals surface area contributed by atoms with E-state index in [9.17, 15) is 9.59 Å². The maximum absolute atomic E-state index is 11.4. The molecule has 1 fully saturated rings. The summed E-state index contributed by atoms with van der Waals surface area (Å²) in [5.41, 5.74) is 0. The van der Waals surface area contributed by atoms with Crippen LogP contribution < -0.4 is 5.32 Å². The number of hydrogen-bond acceptors (Lipinski definition) is 4. The molecule has 0 aromatic carbocycles. The lowest BCUT2D eigenvalue weighted by molar-refractivity contribution is -0.136. The molecule has 4 nitrogen and oxygen atoms in total. The number of carbonyl (C=O) groups is 2. The van der Waals surface area contributed by atoms with Crippen LogP contribution in [0.4, 0.5) is 0 Å². The highest BCUT2D eigenvalue weighted by Crippen LogP contribution is 2.23. The quantitative estimate of drug-likeness (QED) is 0.573. The number of nitrogens with zero attached hydrogens (tertiary/aromatic N) is 1. The van der Waals surface area contributed by atoms with Crippen LogP contribution >= 0.6 is 11.8 Å². The van der Waals surface area contributed by atoms with Gasteiger partial charge in [-0.25, -0.2) is 0 Å². The van der Waals surface area contributed by atoms with Crippen molar-refractivity contribution >= 4 is 23.6 Å². The monoisotopic (exact) mass is 232 g/mol. The Morgan fingerprint density at radius 1 is 1.47 bits per heavy atom. The molecule has 1 N–H and O–H groups in total. The molecule has 1 saturated heterocycles. The Hall–Kier alpha value is -0.550. The van der Waals surface area contributed by atoms with E-state index < -0.39 is 0 Å². The van der Waals surface area contributed by atoms with Crippen molar-refractivity contribution in [3.05, 3.63) is 0 Å². The van der Waals surface area contributed by atoms with Gasteiger partial charge in [-0.05, 0) is 7.05 Å². The smallest absolute Gasteiger partial charge is 0.242 e. The Labute approximate surface area is 95.8 Å². The molecular formula is C10H20N2O2S. The third kappa shape index (κ3) is 4.22. The van der Waals surface area contributed by atoms with Crippen molar-refractivity contribution in [1.29, 1.82) is 0 Å². The van der Waals surface area contributed by atoms with E-state index in [0.717, 1.165) is 12.3 Å². The topological polar surface area (TPSA) is 49.4 Å². The molecular weight excluding hydrogens is 212 g/mol. The standard InChI is InChI=1S/C8H14N2O2S.C2H6/c1-9-3-4-13-6-5-7(11)10(2)8(6)12;1-2/h6,9H,3-5H2,1-2H3;1-2H3. The van der Waals surface area contributed by atoms with Crippen molar-refractivity contribution < 1.29 is 9.59 Å². The predicted molar refractivity (Wildman–Crippen MR) is 63.9 cm³/mol. The highest BCUT2D eigenvalue weighted by Gasteiger charge is 2.35. The van der Waals surface area contributed by atoms with Gasteiger partial charge in [0.25, 0.3) is 0 Å². The van der Waals surface area contributed by atoms with E-state index >= 15 is 0 Å². The summed E-state index contributed by atoms with van der Waals surface area (Å²) >= 11 is 1.55. The van der Waals surface area contributed by atoms with Gasteiger partial charge in [-0.3, -0.25) is 14.5 Å². The molecule has 15 heavy (non-hydrogen) atoms. The van der Waals surface area contributed by atoms with Crippen LogP contribution in [0.15, 0.2) is 0 Å². The molecule has 1 aliphatic heterocycles. The molecule has 5 heteroatoms. The first-order valence-corrected chi connectivity index (χ1v) is 6.28. The SMILES string of the molecule is CC.CNCCSC1CC(=O)N(C)C1=O. The Morgan fingerprint density at radius 3 is 2.47 bits per heavy atom. The Bertz CT molecular complexity index is 221. The number of nitrogens with one attached hydrogen (secondary N) is 1. The average molecular weight is 232 g/mol. The average Bonchev–Trinajstić information content (AvgIpc) is 2.50. The maximum Gasteiger partial charge on any atom is 0.242 e. The van der Waals surface area contributed by atoms with Gasteiger partial charge in [0.1, 0.15) is 0 Å². The minimum Gasteiger partial charge on any atom is -0.319 e. The van der Waals surface area contributed by atoms with Crippen LogP contribution in [0.5, 0.6) is 0 Å². The predicted octanol–water partition coefficient (Wildman–Crippen LogP) is 0.722. The van der Waals surface area contributed by atoms with E-state index in [0.29, 0.717) is 6.42 Å². The minimum atomic E-state index is -0.147. The zero-order chi connectivity index (χ0) is 11.8. The number of rotatable bonds is 4. The summed E-state index contributed by atoms with van der Waals surface area (Å²) in [6.07, 6.45) is 0.365. The van der Waals surface area contributed by atoms with Crippen LogP contribution in [0.2, 0.25) is 0 Å². The Morgan fingerprint density at radius 2 is 2.07 bits per heavy atom. The molecule has 1 atom stereocenters. The van der Waals surface area contributed by atoms with E-state index in [-0.39, 0.29) is 17.1 Å². The first-order chi connectivity index (χ1) is 7.16. The van der Waals surface area contributed by atoms with Gasteiger partial charge >= 0.3 is 0 Å². The largest absolute Gasteiger partial charge is 0.319 e. The maximum atomic E-state index is 11.4. The van der Waals surface area contributed by atoms with Crippen molar-refractivity contribution in [2.45, 2.75) is 25.5 Å². The molecule has 0 spiro atoms. The molecule has 0 bridgehead atoms. The van der Waals surface area contributed by atoms with Gasteiger partial charge in [0, 0.05) is 25.8 Å². The van der Waals surface area contributed by atoms with E-state index in [1.54, 1.807) is 18.8 Å². The molecule has 1 rings (SSSR count). The highest BCUT2D eigenvalue weighted by molar-refractivity contribution is 8.00. The second kappa shape index (κ2) is 7.70. The minimum absolute atomic E-state index is 0.0499. The van der Waals surface area contributed by atoms with Crippen LogP contribution in [-0.2, 0) is 9.59 Å². The molecule has 0 radical (unpaired) electrons. The molecule has 0 aromatic heterocycles. The number of thioether (sulfide) groups is 1. The zero-order valence-electron chi connectivity index (χ0n) is 9.87. The molecule has 88 valence electrons. The van der Waals surface area contributed by atoms with Crippen molar-refractivity contribution in [2.24, 2.45) is 0 Å². The zero-order valence-corrected chi connectivity index (χ0v) is 10.7. The van der Waals surface area contributed by atoms with Crippen LogP contribution in [0.25, 0.3) is 0 Å². The summed E-state index contributed by atoms with van der Waals surface area (Å²) in [6.45, 7) is 4.87. The Balaban J connectivity index is 0.000000921. The molecule has 0 saturated carbocycles. The van der Waals surface area contributed by atoms with Gasteiger partial charge in [-0.2, -0.15) is 0 Å². The van der Waals surface area contributed by atoms with E-state index in [1.807, 2.05) is 20.9 Å². The van der Waals surface area contributed by atoms with E-state index in [4.69, 9.17) is 0 Å². The summed E-state index contributed by atoms with van der Waals surface area (Å²) in [5.74, 6) is 0.756. The normalized spacial score (nSPS) is 20.3. The molecule has 0 aromatic rings. The molecule has 1 unspecified atom stereocenters. The van der Waals surface area contributed by atoms with Crippen molar-refractivity contribution in [1.82, 2.24) is 10.2 Å². The van der Waals surface area contributed by atoms with Crippen molar-refractivity contribution in [3.63, 3.8) is 0 Å². The number of hydrogen-bond donors (Lipinski definition) is 1. The molecule has 0 aliphatic carbocycles. The summed E-state index contributed by atoms with van der Waals surface area (Å²) < 4.78 is 0. The van der Waals surface area contributed by atoms with Gasteiger partial charge in [-0.15, -0.1) is 11.8 Å². The first-order valence-electron chi connectivity index (χ1n) is 5.23. The number of amides is 2. The molecule has 1 aliphatic rings. The fourth-order valence-electron chi connectivity index (χ4n) is 1.16. The lowest BCUT2D eigenvalue weighted by Crippen LogP contribution is -2.27. The number of carbonyl (C=O) groups excluding carboxylic acids is 2. The number of likely N-dealkylation sites (tertiary alicyclic amines) is 1. The van der Waals surface area contributed by atoms with Crippen molar-refractivity contribution in [3.8, 4) is 0 Å². The fourth-order valence-corrected chi connectivity index (χ4v) is 2.32. The second-order valence-electron chi connectivity index (χ2n) is 2.96. The fraction of sp³-hybridized carbons (Fsp3) is 0.800. The lowest BCUT2D eigenvalue weighted by atomic mass is 10.4. The van der Waals surface area contributed by atoms with E-state index in [1.165, 1.54) is 4.90 Å². The molecule has 2 amide bonds. The van der Waals surface area contributed by atoms with Crippen molar-refractivity contribution in [2.75, 3.05) is 26.4 Å². The highest BCUT2D eigenvalue weighted by atomic mass is 32.2. The summed E-state index contributed by atoms with van der Waals surface area (Å²) in [5, 5.41) is 2.85. The van der Waals surface area contributed by atoms with E-state index in [2.05, 4.69) is 5.32 Å². The van der Waals surface area contributed by atoms with Gasteiger partial charge in [0.2, 0.25) is 11.8 Å².